The molecule has 3 rings (SSSR count). The Hall–Kier alpha value is -1.09. The van der Waals surface area contributed by atoms with E-state index in [1.165, 1.54) is 24.1 Å². The lowest BCUT2D eigenvalue weighted by atomic mass is 9.82. The highest BCUT2D eigenvalue weighted by Crippen LogP contribution is 2.27. The summed E-state index contributed by atoms with van der Waals surface area (Å²) in [4.78, 5) is 4.63. The van der Waals surface area contributed by atoms with Crippen molar-refractivity contribution in [3.63, 3.8) is 0 Å². The first-order valence-corrected chi connectivity index (χ1v) is 6.22. The minimum absolute atomic E-state index is 0.0558. The van der Waals surface area contributed by atoms with E-state index in [0.29, 0.717) is 5.92 Å². The number of fused-ring (bicyclic) bond motifs is 1. The van der Waals surface area contributed by atoms with Gasteiger partial charge in [0.25, 0.3) is 0 Å². The van der Waals surface area contributed by atoms with E-state index in [1.807, 2.05) is 0 Å². The molecule has 0 unspecified atom stereocenters. The molecule has 0 amide bonds. The second kappa shape index (κ2) is 4.06. The van der Waals surface area contributed by atoms with E-state index in [-0.39, 0.29) is 6.10 Å². The molecule has 0 bridgehead atoms. The first-order valence-electron chi connectivity index (χ1n) is 6.22. The first kappa shape index (κ1) is 10.1. The van der Waals surface area contributed by atoms with Gasteiger partial charge in [-0.15, -0.1) is 0 Å². The summed E-state index contributed by atoms with van der Waals surface area (Å²) in [7, 11) is 0. The quantitative estimate of drug-likeness (QED) is 0.812. The Morgan fingerprint density at radius 2 is 2.19 bits per heavy atom. The third-order valence-corrected chi connectivity index (χ3v) is 3.71. The number of aliphatic hydroxyl groups is 1. The van der Waals surface area contributed by atoms with Crippen LogP contribution in [0.2, 0.25) is 0 Å². The first-order chi connectivity index (χ1) is 7.81. The van der Waals surface area contributed by atoms with Gasteiger partial charge in [0.1, 0.15) is 5.82 Å². The smallest absolute Gasteiger partial charge is 0.126 e. The largest absolute Gasteiger partial charge is 0.393 e. The molecule has 1 heterocycles. The summed E-state index contributed by atoms with van der Waals surface area (Å²) in [6.07, 6.45) is 5.40. The summed E-state index contributed by atoms with van der Waals surface area (Å²) in [5, 5.41) is 12.6. The lowest BCUT2D eigenvalue weighted by Gasteiger charge is -2.31. The molecule has 3 heteroatoms. The fraction of sp³-hybridized carbons (Fsp3) is 0.615. The van der Waals surface area contributed by atoms with Crippen LogP contribution in [0.4, 0.5) is 5.82 Å². The number of pyridine rings is 1. The molecule has 0 aromatic carbocycles. The SMILES string of the molecule is OC1CC(CNc2ccc3c(n2)CCC3)C1. The van der Waals surface area contributed by atoms with Gasteiger partial charge in [-0.25, -0.2) is 4.98 Å². The van der Waals surface area contributed by atoms with Crippen LogP contribution < -0.4 is 5.32 Å². The third-order valence-electron chi connectivity index (χ3n) is 3.71. The fourth-order valence-corrected chi connectivity index (χ4v) is 2.64. The molecule has 16 heavy (non-hydrogen) atoms. The van der Waals surface area contributed by atoms with Crippen molar-refractivity contribution in [2.24, 2.45) is 5.92 Å². The lowest BCUT2D eigenvalue weighted by Crippen LogP contribution is -2.33. The molecule has 0 aliphatic heterocycles. The molecule has 0 atom stereocenters. The van der Waals surface area contributed by atoms with Crippen molar-refractivity contribution < 1.29 is 5.11 Å². The van der Waals surface area contributed by atoms with Crippen LogP contribution in [-0.2, 0) is 12.8 Å². The van der Waals surface area contributed by atoms with E-state index in [2.05, 4.69) is 22.4 Å². The maximum absolute atomic E-state index is 9.20. The van der Waals surface area contributed by atoms with Gasteiger partial charge < -0.3 is 10.4 Å². The zero-order chi connectivity index (χ0) is 11.0. The van der Waals surface area contributed by atoms with Gasteiger partial charge in [-0.1, -0.05) is 6.07 Å². The number of hydrogen-bond acceptors (Lipinski definition) is 3. The molecule has 3 nitrogen and oxygen atoms in total. The Labute approximate surface area is 95.9 Å². The Morgan fingerprint density at radius 1 is 1.31 bits per heavy atom. The Kier molecular flexibility index (Phi) is 2.56. The summed E-state index contributed by atoms with van der Waals surface area (Å²) < 4.78 is 0. The normalized spacial score (nSPS) is 27.3. The van der Waals surface area contributed by atoms with Gasteiger partial charge >= 0.3 is 0 Å². The number of aromatic nitrogens is 1. The van der Waals surface area contributed by atoms with E-state index in [9.17, 15) is 5.11 Å². The van der Waals surface area contributed by atoms with Crippen LogP contribution in [0.25, 0.3) is 0 Å². The third kappa shape index (κ3) is 1.92. The predicted molar refractivity (Wildman–Crippen MR) is 63.5 cm³/mol. The van der Waals surface area contributed by atoms with Crippen molar-refractivity contribution in [3.05, 3.63) is 23.4 Å². The molecule has 86 valence electrons. The van der Waals surface area contributed by atoms with Crippen molar-refractivity contribution in [2.45, 2.75) is 38.2 Å². The number of hydrogen-bond donors (Lipinski definition) is 2. The van der Waals surface area contributed by atoms with E-state index in [0.717, 1.165) is 31.6 Å². The zero-order valence-electron chi connectivity index (χ0n) is 9.45. The molecular weight excluding hydrogens is 200 g/mol. The van der Waals surface area contributed by atoms with Gasteiger partial charge in [0, 0.05) is 12.2 Å². The van der Waals surface area contributed by atoms with Crippen LogP contribution in [-0.4, -0.2) is 22.7 Å². The van der Waals surface area contributed by atoms with Gasteiger partial charge in [0.15, 0.2) is 0 Å². The van der Waals surface area contributed by atoms with Crippen LogP contribution in [0, 0.1) is 5.92 Å². The lowest BCUT2D eigenvalue weighted by molar-refractivity contribution is 0.0486. The van der Waals surface area contributed by atoms with Crippen molar-refractivity contribution in [1.82, 2.24) is 4.98 Å². The van der Waals surface area contributed by atoms with E-state index < -0.39 is 0 Å². The molecule has 1 fully saturated rings. The van der Waals surface area contributed by atoms with Crippen molar-refractivity contribution in [2.75, 3.05) is 11.9 Å². The standard InChI is InChI=1S/C13H18N2O/c16-11-6-9(7-11)8-14-13-5-4-10-2-1-3-12(10)15-13/h4-5,9,11,16H,1-3,6-8H2,(H,14,15). The minimum Gasteiger partial charge on any atom is -0.393 e. The molecule has 0 spiro atoms. The molecule has 1 aromatic heterocycles. The number of aryl methyl sites for hydroxylation is 2. The van der Waals surface area contributed by atoms with Gasteiger partial charge in [-0.2, -0.15) is 0 Å². The van der Waals surface area contributed by atoms with Gasteiger partial charge in [-0.05, 0) is 49.7 Å². The van der Waals surface area contributed by atoms with Gasteiger partial charge in [-0.3, -0.25) is 0 Å². The van der Waals surface area contributed by atoms with E-state index in [1.54, 1.807) is 0 Å². The Balaban J connectivity index is 1.58. The van der Waals surface area contributed by atoms with Crippen molar-refractivity contribution in [3.8, 4) is 0 Å². The number of nitrogens with zero attached hydrogens (tertiary/aromatic N) is 1. The van der Waals surface area contributed by atoms with Gasteiger partial charge in [0.2, 0.25) is 0 Å². The summed E-state index contributed by atoms with van der Waals surface area (Å²) in [5.41, 5.74) is 2.70. The molecule has 2 N–H and O–H groups in total. The average molecular weight is 218 g/mol. The van der Waals surface area contributed by atoms with Crippen LogP contribution in [0.1, 0.15) is 30.5 Å². The maximum Gasteiger partial charge on any atom is 0.126 e. The summed E-state index contributed by atoms with van der Waals surface area (Å²) >= 11 is 0. The van der Waals surface area contributed by atoms with Crippen molar-refractivity contribution >= 4 is 5.82 Å². The van der Waals surface area contributed by atoms with Crippen LogP contribution in [0.15, 0.2) is 12.1 Å². The molecule has 0 radical (unpaired) electrons. The molecule has 2 aliphatic carbocycles. The van der Waals surface area contributed by atoms with E-state index >= 15 is 0 Å². The predicted octanol–water partition coefficient (Wildman–Crippen LogP) is 1.75. The monoisotopic (exact) mass is 218 g/mol. The minimum atomic E-state index is -0.0558. The van der Waals surface area contributed by atoms with Crippen LogP contribution in [0.3, 0.4) is 0 Å². The molecule has 1 aromatic rings. The molecule has 1 saturated carbocycles. The molecule has 2 aliphatic rings. The summed E-state index contributed by atoms with van der Waals surface area (Å²) in [6, 6.07) is 4.28. The number of rotatable bonds is 3. The number of aliphatic hydroxyl groups excluding tert-OH is 1. The fourth-order valence-electron chi connectivity index (χ4n) is 2.64. The highest BCUT2D eigenvalue weighted by Gasteiger charge is 2.26. The maximum atomic E-state index is 9.20. The second-order valence-corrected chi connectivity index (χ2v) is 5.03. The van der Waals surface area contributed by atoms with Crippen LogP contribution in [0.5, 0.6) is 0 Å². The highest BCUT2D eigenvalue weighted by molar-refractivity contribution is 5.40. The molecular formula is C13H18N2O. The Bertz CT molecular complexity index is 386. The second-order valence-electron chi connectivity index (χ2n) is 5.03. The highest BCUT2D eigenvalue weighted by atomic mass is 16.3. The topological polar surface area (TPSA) is 45.1 Å². The number of anilines is 1. The number of nitrogens with one attached hydrogen (secondary N) is 1. The average Bonchev–Trinajstić information content (AvgIpc) is 2.69. The Morgan fingerprint density at radius 3 is 3.00 bits per heavy atom. The van der Waals surface area contributed by atoms with E-state index in [4.69, 9.17) is 0 Å². The van der Waals surface area contributed by atoms with Crippen molar-refractivity contribution in [1.29, 1.82) is 0 Å². The van der Waals surface area contributed by atoms with Crippen LogP contribution >= 0.6 is 0 Å². The zero-order valence-corrected chi connectivity index (χ0v) is 9.45. The summed E-state index contributed by atoms with van der Waals surface area (Å²) in [6.45, 7) is 0.947. The van der Waals surface area contributed by atoms with Gasteiger partial charge in [0.05, 0.1) is 6.10 Å². The summed E-state index contributed by atoms with van der Waals surface area (Å²) in [5.74, 6) is 1.63. The molecule has 0 saturated heterocycles.